The third-order valence-electron chi connectivity index (χ3n) is 4.35. The van der Waals surface area contributed by atoms with Crippen LogP contribution in [-0.4, -0.2) is 10.9 Å². The summed E-state index contributed by atoms with van der Waals surface area (Å²) in [5.74, 6) is 0.765. The number of nitrogens with zero attached hydrogens (tertiary/aromatic N) is 1. The standard InChI is InChI=1S/C23H20N2OS2/c1-16-6-9-19(10-7-16)24-22(26)13-23-25-20(15-28-23)14-27-21-11-8-17-4-2-3-5-18(17)12-21/h2-12,15H,13-14H2,1H3,(H,24,26). The van der Waals surface area contributed by atoms with E-state index in [-0.39, 0.29) is 5.91 Å². The second-order valence-electron chi connectivity index (χ2n) is 6.62. The third kappa shape index (κ3) is 4.80. The van der Waals surface area contributed by atoms with Gasteiger partial charge < -0.3 is 5.32 Å². The third-order valence-corrected chi connectivity index (χ3v) is 6.28. The smallest absolute Gasteiger partial charge is 0.231 e. The van der Waals surface area contributed by atoms with Crippen molar-refractivity contribution < 1.29 is 4.79 Å². The molecule has 140 valence electrons. The number of hydrogen-bond acceptors (Lipinski definition) is 4. The summed E-state index contributed by atoms with van der Waals surface area (Å²) in [6.45, 7) is 2.03. The van der Waals surface area contributed by atoms with Crippen molar-refractivity contribution in [1.82, 2.24) is 4.98 Å². The predicted molar refractivity (Wildman–Crippen MR) is 119 cm³/mol. The predicted octanol–water partition coefficient (Wildman–Crippen LogP) is 6.08. The van der Waals surface area contributed by atoms with E-state index in [0.29, 0.717) is 6.42 Å². The van der Waals surface area contributed by atoms with Gasteiger partial charge in [0.2, 0.25) is 5.91 Å². The van der Waals surface area contributed by atoms with E-state index in [4.69, 9.17) is 0 Å². The normalized spacial score (nSPS) is 10.9. The molecule has 0 bridgehead atoms. The van der Waals surface area contributed by atoms with E-state index in [1.807, 2.05) is 36.6 Å². The summed E-state index contributed by atoms with van der Waals surface area (Å²) < 4.78 is 0. The van der Waals surface area contributed by atoms with E-state index >= 15 is 0 Å². The van der Waals surface area contributed by atoms with Gasteiger partial charge in [-0.3, -0.25) is 4.79 Å². The molecule has 0 aliphatic carbocycles. The average Bonchev–Trinajstić information content (AvgIpc) is 3.15. The van der Waals surface area contributed by atoms with Gasteiger partial charge in [-0.25, -0.2) is 4.98 Å². The monoisotopic (exact) mass is 404 g/mol. The molecular weight excluding hydrogens is 384 g/mol. The summed E-state index contributed by atoms with van der Waals surface area (Å²) in [6, 6.07) is 22.7. The lowest BCUT2D eigenvalue weighted by Gasteiger charge is -2.04. The molecule has 0 unspecified atom stereocenters. The lowest BCUT2D eigenvalue weighted by Crippen LogP contribution is -2.14. The van der Waals surface area contributed by atoms with Gasteiger partial charge in [0, 0.05) is 21.7 Å². The summed E-state index contributed by atoms with van der Waals surface area (Å²) in [5.41, 5.74) is 3.01. The first-order valence-corrected chi connectivity index (χ1v) is 10.9. The molecule has 1 N–H and O–H groups in total. The second kappa shape index (κ2) is 8.59. The minimum atomic E-state index is -0.0352. The van der Waals surface area contributed by atoms with E-state index in [1.54, 1.807) is 23.1 Å². The van der Waals surface area contributed by atoms with Crippen molar-refractivity contribution in [2.75, 3.05) is 5.32 Å². The molecular formula is C23H20N2OS2. The molecule has 1 amide bonds. The van der Waals surface area contributed by atoms with Gasteiger partial charge in [-0.15, -0.1) is 23.1 Å². The number of aromatic nitrogens is 1. The molecule has 0 saturated carbocycles. The number of nitrogens with one attached hydrogen (secondary N) is 1. The molecule has 0 saturated heterocycles. The maximum atomic E-state index is 12.2. The molecule has 5 heteroatoms. The highest BCUT2D eigenvalue weighted by atomic mass is 32.2. The van der Waals surface area contributed by atoms with Crippen molar-refractivity contribution in [2.24, 2.45) is 0 Å². The average molecular weight is 405 g/mol. The Kier molecular flexibility index (Phi) is 5.74. The van der Waals surface area contributed by atoms with E-state index in [0.717, 1.165) is 22.1 Å². The molecule has 3 nitrogen and oxygen atoms in total. The molecule has 0 aliphatic heterocycles. The highest BCUT2D eigenvalue weighted by Crippen LogP contribution is 2.27. The number of thioether (sulfide) groups is 1. The Hall–Kier alpha value is -2.63. The largest absolute Gasteiger partial charge is 0.326 e. The number of carbonyl (C=O) groups is 1. The zero-order chi connectivity index (χ0) is 19.3. The Balaban J connectivity index is 1.33. The number of aryl methyl sites for hydroxylation is 1. The maximum absolute atomic E-state index is 12.2. The second-order valence-corrected chi connectivity index (χ2v) is 8.61. The summed E-state index contributed by atoms with van der Waals surface area (Å²) in [6.07, 6.45) is 0.305. The van der Waals surface area contributed by atoms with Gasteiger partial charge >= 0.3 is 0 Å². The molecule has 0 radical (unpaired) electrons. The summed E-state index contributed by atoms with van der Waals surface area (Å²) in [5, 5.41) is 8.32. The number of fused-ring (bicyclic) bond motifs is 1. The quantitative estimate of drug-likeness (QED) is 0.396. The van der Waals surface area contributed by atoms with Gasteiger partial charge in [-0.1, -0.05) is 48.0 Å². The lowest BCUT2D eigenvalue weighted by atomic mass is 10.1. The van der Waals surface area contributed by atoms with Crippen LogP contribution in [-0.2, 0) is 17.0 Å². The number of anilines is 1. The fraction of sp³-hybridized carbons (Fsp3) is 0.130. The number of amides is 1. The highest BCUT2D eigenvalue weighted by molar-refractivity contribution is 7.98. The fourth-order valence-electron chi connectivity index (χ4n) is 2.89. The maximum Gasteiger partial charge on any atom is 0.231 e. The fourth-order valence-corrected chi connectivity index (χ4v) is 4.63. The Morgan fingerprint density at radius 1 is 1.04 bits per heavy atom. The Bertz CT molecular complexity index is 1100. The van der Waals surface area contributed by atoms with Crippen LogP contribution in [0.4, 0.5) is 5.69 Å². The minimum absolute atomic E-state index is 0.0352. The number of thiazole rings is 1. The van der Waals surface area contributed by atoms with Gasteiger partial charge in [0.25, 0.3) is 0 Å². The van der Waals surface area contributed by atoms with Gasteiger partial charge in [0.05, 0.1) is 12.1 Å². The molecule has 1 heterocycles. The minimum Gasteiger partial charge on any atom is -0.326 e. The molecule has 3 aromatic carbocycles. The topological polar surface area (TPSA) is 42.0 Å². The first-order valence-electron chi connectivity index (χ1n) is 9.07. The Morgan fingerprint density at radius 3 is 2.64 bits per heavy atom. The number of benzene rings is 3. The van der Waals surface area contributed by atoms with E-state index < -0.39 is 0 Å². The van der Waals surface area contributed by atoms with Crippen molar-refractivity contribution in [3.05, 3.63) is 88.4 Å². The van der Waals surface area contributed by atoms with Crippen LogP contribution in [0.25, 0.3) is 10.8 Å². The molecule has 0 spiro atoms. The van der Waals surface area contributed by atoms with Crippen molar-refractivity contribution >= 4 is 45.5 Å². The Morgan fingerprint density at radius 2 is 1.82 bits per heavy atom. The van der Waals surface area contributed by atoms with Crippen LogP contribution in [0.1, 0.15) is 16.3 Å². The summed E-state index contributed by atoms with van der Waals surface area (Å²) >= 11 is 3.31. The van der Waals surface area contributed by atoms with E-state index in [2.05, 4.69) is 52.8 Å². The molecule has 0 aliphatic rings. The van der Waals surface area contributed by atoms with Crippen molar-refractivity contribution in [1.29, 1.82) is 0 Å². The molecule has 4 aromatic rings. The molecule has 1 aromatic heterocycles. The molecule has 0 atom stereocenters. The van der Waals surface area contributed by atoms with Gasteiger partial charge in [-0.2, -0.15) is 0 Å². The van der Waals surface area contributed by atoms with Crippen LogP contribution in [0.2, 0.25) is 0 Å². The molecule has 4 rings (SSSR count). The number of hydrogen-bond donors (Lipinski definition) is 1. The van der Waals surface area contributed by atoms with Crippen molar-refractivity contribution in [2.45, 2.75) is 24.0 Å². The van der Waals surface area contributed by atoms with Crippen molar-refractivity contribution in [3.8, 4) is 0 Å². The summed E-state index contributed by atoms with van der Waals surface area (Å²) in [4.78, 5) is 18.1. The highest BCUT2D eigenvalue weighted by Gasteiger charge is 2.09. The van der Waals surface area contributed by atoms with Gasteiger partial charge in [-0.05, 0) is 42.0 Å². The van der Waals surface area contributed by atoms with Crippen LogP contribution in [0, 0.1) is 6.92 Å². The zero-order valence-corrected chi connectivity index (χ0v) is 17.1. The first-order chi connectivity index (χ1) is 13.7. The zero-order valence-electron chi connectivity index (χ0n) is 15.5. The Labute approximate surface area is 172 Å². The van der Waals surface area contributed by atoms with Crippen LogP contribution >= 0.6 is 23.1 Å². The van der Waals surface area contributed by atoms with Crippen LogP contribution in [0.5, 0.6) is 0 Å². The number of carbonyl (C=O) groups excluding carboxylic acids is 1. The number of rotatable bonds is 6. The summed E-state index contributed by atoms with van der Waals surface area (Å²) in [7, 11) is 0. The van der Waals surface area contributed by atoms with Gasteiger partial charge in [0.1, 0.15) is 5.01 Å². The van der Waals surface area contributed by atoms with Gasteiger partial charge in [0.15, 0.2) is 0 Å². The van der Waals surface area contributed by atoms with Crippen LogP contribution in [0.15, 0.2) is 77.0 Å². The molecule has 0 fully saturated rings. The van der Waals surface area contributed by atoms with Crippen LogP contribution in [0.3, 0.4) is 0 Å². The van der Waals surface area contributed by atoms with Crippen LogP contribution < -0.4 is 5.32 Å². The molecule has 28 heavy (non-hydrogen) atoms. The lowest BCUT2D eigenvalue weighted by molar-refractivity contribution is -0.115. The van der Waals surface area contributed by atoms with E-state index in [9.17, 15) is 4.79 Å². The SMILES string of the molecule is Cc1ccc(NC(=O)Cc2nc(CSc3ccc4ccccc4c3)cs2)cc1. The van der Waals surface area contributed by atoms with E-state index in [1.165, 1.54) is 21.2 Å². The first kappa shape index (κ1) is 18.7. The van der Waals surface area contributed by atoms with Crippen molar-refractivity contribution in [3.63, 3.8) is 0 Å².